The standard InChI is InChI=1S/C9H18BrN/c1-5-6-7-11(4)9(2,3)8-10/h5-6H,7-8H2,1-4H3/b6-5+. The summed E-state index contributed by atoms with van der Waals surface area (Å²) in [6.45, 7) is 7.53. The molecule has 0 aliphatic rings. The van der Waals surface area contributed by atoms with Gasteiger partial charge in [-0.05, 0) is 27.8 Å². The van der Waals surface area contributed by atoms with Crippen molar-refractivity contribution in [3.05, 3.63) is 12.2 Å². The SMILES string of the molecule is C/C=C/CN(C)C(C)(C)CBr. The van der Waals surface area contributed by atoms with E-state index < -0.39 is 0 Å². The average Bonchev–Trinajstić information content (AvgIpc) is 2.00. The lowest BCUT2D eigenvalue weighted by Gasteiger charge is -2.33. The molecule has 66 valence electrons. The van der Waals surface area contributed by atoms with E-state index in [1.165, 1.54) is 0 Å². The molecule has 0 radical (unpaired) electrons. The summed E-state index contributed by atoms with van der Waals surface area (Å²) in [5.41, 5.74) is 0.250. The molecule has 11 heavy (non-hydrogen) atoms. The largest absolute Gasteiger partial charge is 0.297 e. The molecule has 0 saturated heterocycles. The number of halogens is 1. The normalized spacial score (nSPS) is 13.3. The molecule has 0 fully saturated rings. The van der Waals surface area contributed by atoms with Gasteiger partial charge in [-0.3, -0.25) is 4.90 Å². The summed E-state index contributed by atoms with van der Waals surface area (Å²) >= 11 is 3.50. The highest BCUT2D eigenvalue weighted by molar-refractivity contribution is 9.09. The Morgan fingerprint density at radius 1 is 1.45 bits per heavy atom. The van der Waals surface area contributed by atoms with Crippen LogP contribution in [-0.2, 0) is 0 Å². The molecule has 2 heteroatoms. The fraction of sp³-hybridized carbons (Fsp3) is 0.778. The molecule has 0 spiro atoms. The first-order valence-electron chi connectivity index (χ1n) is 3.93. The maximum absolute atomic E-state index is 3.50. The molecular formula is C9H18BrN. The van der Waals surface area contributed by atoms with Crippen LogP contribution in [0.4, 0.5) is 0 Å². The van der Waals surface area contributed by atoms with Gasteiger partial charge in [-0.1, -0.05) is 28.1 Å². The Labute approximate surface area is 78.6 Å². The van der Waals surface area contributed by atoms with Gasteiger partial charge in [0.2, 0.25) is 0 Å². The van der Waals surface area contributed by atoms with E-state index in [1.54, 1.807) is 0 Å². The number of hydrogen-bond donors (Lipinski definition) is 0. The van der Waals surface area contributed by atoms with Crippen LogP contribution in [0.3, 0.4) is 0 Å². The van der Waals surface area contributed by atoms with Crippen molar-refractivity contribution in [2.75, 3.05) is 18.9 Å². The van der Waals surface area contributed by atoms with Gasteiger partial charge >= 0.3 is 0 Å². The van der Waals surface area contributed by atoms with Crippen LogP contribution in [0.2, 0.25) is 0 Å². The number of nitrogens with zero attached hydrogens (tertiary/aromatic N) is 1. The second kappa shape index (κ2) is 4.94. The molecule has 1 nitrogen and oxygen atoms in total. The zero-order chi connectivity index (χ0) is 8.91. The van der Waals surface area contributed by atoms with Crippen molar-refractivity contribution in [1.29, 1.82) is 0 Å². The Bertz CT molecular complexity index is 130. The van der Waals surface area contributed by atoms with Crippen molar-refractivity contribution in [3.8, 4) is 0 Å². The van der Waals surface area contributed by atoms with Gasteiger partial charge in [0.15, 0.2) is 0 Å². The first kappa shape index (κ1) is 11.2. The van der Waals surface area contributed by atoms with E-state index in [-0.39, 0.29) is 5.54 Å². The molecule has 0 heterocycles. The van der Waals surface area contributed by atoms with Gasteiger partial charge in [-0.15, -0.1) is 0 Å². The number of rotatable bonds is 4. The first-order valence-corrected chi connectivity index (χ1v) is 5.05. The maximum atomic E-state index is 3.50. The quantitative estimate of drug-likeness (QED) is 0.520. The average molecular weight is 220 g/mol. The first-order chi connectivity index (χ1) is 5.04. The van der Waals surface area contributed by atoms with Crippen molar-refractivity contribution < 1.29 is 0 Å². The second-order valence-electron chi connectivity index (χ2n) is 3.40. The molecule has 0 bridgehead atoms. The fourth-order valence-corrected chi connectivity index (χ4v) is 1.04. The monoisotopic (exact) mass is 219 g/mol. The highest BCUT2D eigenvalue weighted by Crippen LogP contribution is 2.14. The lowest BCUT2D eigenvalue weighted by molar-refractivity contribution is 0.202. The number of likely N-dealkylation sites (N-methyl/N-ethyl adjacent to an activating group) is 1. The third-order valence-corrected chi connectivity index (χ3v) is 3.35. The molecule has 0 unspecified atom stereocenters. The van der Waals surface area contributed by atoms with Gasteiger partial charge in [0.1, 0.15) is 0 Å². The smallest absolute Gasteiger partial charge is 0.0250 e. The number of allylic oxidation sites excluding steroid dienone is 1. The molecule has 0 saturated carbocycles. The van der Waals surface area contributed by atoms with Crippen molar-refractivity contribution in [2.45, 2.75) is 26.3 Å². The molecular weight excluding hydrogens is 202 g/mol. The summed E-state index contributed by atoms with van der Waals surface area (Å²) in [6, 6.07) is 0. The zero-order valence-corrected chi connectivity index (χ0v) is 9.48. The Morgan fingerprint density at radius 2 is 2.00 bits per heavy atom. The van der Waals surface area contributed by atoms with Crippen LogP contribution in [-0.4, -0.2) is 29.4 Å². The minimum absolute atomic E-state index is 0.250. The zero-order valence-electron chi connectivity index (χ0n) is 7.89. The minimum atomic E-state index is 0.250. The van der Waals surface area contributed by atoms with Crippen molar-refractivity contribution in [1.82, 2.24) is 4.90 Å². The van der Waals surface area contributed by atoms with E-state index in [2.05, 4.69) is 60.8 Å². The molecule has 0 aromatic rings. The predicted octanol–water partition coefficient (Wildman–Crippen LogP) is 2.67. The molecule has 0 rings (SSSR count). The molecule has 0 aromatic heterocycles. The van der Waals surface area contributed by atoms with E-state index in [0.717, 1.165) is 11.9 Å². The predicted molar refractivity (Wildman–Crippen MR) is 55.3 cm³/mol. The third kappa shape index (κ3) is 3.92. The van der Waals surface area contributed by atoms with E-state index in [0.29, 0.717) is 0 Å². The summed E-state index contributed by atoms with van der Waals surface area (Å²) in [4.78, 5) is 2.32. The van der Waals surface area contributed by atoms with Gasteiger partial charge in [0, 0.05) is 17.4 Å². The second-order valence-corrected chi connectivity index (χ2v) is 3.96. The molecule has 0 aromatic carbocycles. The number of hydrogen-bond acceptors (Lipinski definition) is 1. The van der Waals surface area contributed by atoms with Crippen LogP contribution >= 0.6 is 15.9 Å². The fourth-order valence-electron chi connectivity index (χ4n) is 0.613. The molecule has 0 amide bonds. The van der Waals surface area contributed by atoms with Gasteiger partial charge in [-0.2, -0.15) is 0 Å². The Balaban J connectivity index is 3.90. The third-order valence-electron chi connectivity index (χ3n) is 1.98. The summed E-state index contributed by atoms with van der Waals surface area (Å²) in [5.74, 6) is 0. The molecule has 0 aliphatic heterocycles. The Morgan fingerprint density at radius 3 is 2.36 bits per heavy atom. The summed E-state index contributed by atoms with van der Waals surface area (Å²) in [6.07, 6.45) is 4.26. The van der Waals surface area contributed by atoms with Gasteiger partial charge in [0.25, 0.3) is 0 Å². The van der Waals surface area contributed by atoms with Crippen LogP contribution < -0.4 is 0 Å². The lowest BCUT2D eigenvalue weighted by Crippen LogP contribution is -2.42. The van der Waals surface area contributed by atoms with Crippen LogP contribution in [0, 0.1) is 0 Å². The highest BCUT2D eigenvalue weighted by atomic mass is 79.9. The van der Waals surface area contributed by atoms with Crippen molar-refractivity contribution in [3.63, 3.8) is 0 Å². The van der Waals surface area contributed by atoms with Crippen LogP contribution in [0.1, 0.15) is 20.8 Å². The summed E-state index contributed by atoms with van der Waals surface area (Å²) < 4.78 is 0. The maximum Gasteiger partial charge on any atom is 0.0250 e. The van der Waals surface area contributed by atoms with Crippen LogP contribution in [0.5, 0.6) is 0 Å². The Kier molecular flexibility index (Phi) is 5.02. The van der Waals surface area contributed by atoms with Gasteiger partial charge in [0.05, 0.1) is 0 Å². The van der Waals surface area contributed by atoms with E-state index >= 15 is 0 Å². The van der Waals surface area contributed by atoms with Gasteiger partial charge < -0.3 is 0 Å². The van der Waals surface area contributed by atoms with E-state index in [9.17, 15) is 0 Å². The summed E-state index contributed by atoms with van der Waals surface area (Å²) in [5, 5.41) is 1.01. The summed E-state index contributed by atoms with van der Waals surface area (Å²) in [7, 11) is 2.14. The van der Waals surface area contributed by atoms with Crippen LogP contribution in [0.25, 0.3) is 0 Å². The lowest BCUT2D eigenvalue weighted by atomic mass is 10.1. The molecule has 0 aliphatic carbocycles. The topological polar surface area (TPSA) is 3.24 Å². The van der Waals surface area contributed by atoms with Crippen molar-refractivity contribution >= 4 is 15.9 Å². The van der Waals surface area contributed by atoms with Crippen molar-refractivity contribution in [2.24, 2.45) is 0 Å². The van der Waals surface area contributed by atoms with E-state index in [4.69, 9.17) is 0 Å². The molecule has 0 N–H and O–H groups in total. The number of alkyl halides is 1. The highest BCUT2D eigenvalue weighted by Gasteiger charge is 2.20. The Hall–Kier alpha value is 0.180. The molecule has 0 atom stereocenters. The van der Waals surface area contributed by atoms with Gasteiger partial charge in [-0.25, -0.2) is 0 Å². The minimum Gasteiger partial charge on any atom is -0.297 e. The van der Waals surface area contributed by atoms with Crippen LogP contribution in [0.15, 0.2) is 12.2 Å². The van der Waals surface area contributed by atoms with E-state index in [1.807, 2.05) is 0 Å².